The zero-order chi connectivity index (χ0) is 14.0. The van der Waals surface area contributed by atoms with Crippen LogP contribution < -0.4 is 11.1 Å². The van der Waals surface area contributed by atoms with Gasteiger partial charge in [-0.2, -0.15) is 4.31 Å². The molecule has 1 aliphatic heterocycles. The molecule has 8 nitrogen and oxygen atoms in total. The quantitative estimate of drug-likeness (QED) is 0.652. The third kappa shape index (κ3) is 3.65. The number of nitro benzene ring substituents is 1. The van der Waals surface area contributed by atoms with Crippen molar-refractivity contribution in [2.45, 2.75) is 0 Å². The Balaban J connectivity index is 0.00000200. The molecule has 0 spiro atoms. The summed E-state index contributed by atoms with van der Waals surface area (Å²) >= 11 is 0. The number of hydrogen-bond acceptors (Lipinski definition) is 6. The summed E-state index contributed by atoms with van der Waals surface area (Å²) in [6.45, 7) is 2.06. The van der Waals surface area contributed by atoms with E-state index in [4.69, 9.17) is 0 Å². The van der Waals surface area contributed by atoms with Gasteiger partial charge in [0.1, 0.15) is 0 Å². The highest BCUT2D eigenvalue weighted by molar-refractivity contribution is 7.88. The summed E-state index contributed by atoms with van der Waals surface area (Å²) in [6, 6.07) is 6.29. The van der Waals surface area contributed by atoms with Crippen LogP contribution >= 0.6 is 0 Å². The highest BCUT2D eigenvalue weighted by atomic mass is 32.2. The average Bonchev–Trinajstić information content (AvgIpc) is 2.38. The summed E-state index contributed by atoms with van der Waals surface area (Å²) < 4.78 is 24.2. The predicted octanol–water partition coefficient (Wildman–Crippen LogP) is 0.838. The molecule has 1 heterocycles. The van der Waals surface area contributed by atoms with E-state index in [0.29, 0.717) is 26.2 Å². The third-order valence-corrected chi connectivity index (χ3v) is 4.44. The molecule has 0 amide bonds. The molecule has 0 radical (unpaired) electrons. The molecule has 0 atom stereocenters. The van der Waals surface area contributed by atoms with E-state index in [-0.39, 0.29) is 11.8 Å². The minimum Gasteiger partial charge on any atom is -0.369 e. The number of benzene rings is 1. The summed E-state index contributed by atoms with van der Waals surface area (Å²) in [7, 11) is -3.13. The van der Waals surface area contributed by atoms with Crippen molar-refractivity contribution in [2.75, 3.05) is 37.3 Å². The van der Waals surface area contributed by atoms with Crippen molar-refractivity contribution in [1.82, 2.24) is 10.5 Å². The highest BCUT2D eigenvalue weighted by Crippen LogP contribution is 2.21. The second kappa shape index (κ2) is 6.16. The molecule has 112 valence electrons. The van der Waals surface area contributed by atoms with Crippen LogP contribution in [0.4, 0.5) is 11.4 Å². The van der Waals surface area contributed by atoms with Crippen molar-refractivity contribution in [3.8, 4) is 0 Å². The molecule has 0 saturated carbocycles. The number of anilines is 1. The monoisotopic (exact) mass is 302 g/mol. The summed E-state index contributed by atoms with van der Waals surface area (Å²) in [6.07, 6.45) is 1.20. The fourth-order valence-corrected chi connectivity index (χ4v) is 2.89. The number of non-ortho nitro benzene ring substituents is 1. The van der Waals surface area contributed by atoms with Gasteiger partial charge in [-0.1, -0.05) is 0 Å². The molecule has 1 aromatic carbocycles. The standard InChI is InChI=1S/C11H15N3O4S.H3N/c1-19(17,18)13-8-6-12(7-9-13)10-2-4-11(5-3-10)14(15)16;/h2-5H,6-9H2,1H3;1H3. The van der Waals surface area contributed by atoms with Crippen molar-refractivity contribution >= 4 is 21.4 Å². The summed E-state index contributed by atoms with van der Waals surface area (Å²) in [4.78, 5) is 12.1. The Morgan fingerprint density at radius 1 is 1.10 bits per heavy atom. The summed E-state index contributed by atoms with van der Waals surface area (Å²) in [5.74, 6) is 0. The number of piperazine rings is 1. The van der Waals surface area contributed by atoms with Crippen LogP contribution in [0.15, 0.2) is 24.3 Å². The molecule has 0 unspecified atom stereocenters. The van der Waals surface area contributed by atoms with Gasteiger partial charge >= 0.3 is 0 Å². The molecule has 20 heavy (non-hydrogen) atoms. The van der Waals surface area contributed by atoms with Gasteiger partial charge in [0.25, 0.3) is 5.69 Å². The number of nitrogens with zero attached hydrogens (tertiary/aromatic N) is 3. The van der Waals surface area contributed by atoms with E-state index < -0.39 is 14.9 Å². The van der Waals surface area contributed by atoms with Gasteiger partial charge in [-0.3, -0.25) is 10.1 Å². The number of hydrogen-bond donors (Lipinski definition) is 1. The first-order valence-corrected chi connectivity index (χ1v) is 7.67. The Morgan fingerprint density at radius 2 is 1.60 bits per heavy atom. The topological polar surface area (TPSA) is 119 Å². The molecule has 2 rings (SSSR count). The number of sulfonamides is 1. The van der Waals surface area contributed by atoms with Crippen LogP contribution in [0, 0.1) is 10.1 Å². The lowest BCUT2D eigenvalue weighted by atomic mass is 10.2. The van der Waals surface area contributed by atoms with Crippen molar-refractivity contribution in [3.63, 3.8) is 0 Å². The molecule has 3 N–H and O–H groups in total. The van der Waals surface area contributed by atoms with E-state index >= 15 is 0 Å². The fourth-order valence-electron chi connectivity index (χ4n) is 2.06. The zero-order valence-electron chi connectivity index (χ0n) is 11.2. The Morgan fingerprint density at radius 3 is 2.00 bits per heavy atom. The van der Waals surface area contributed by atoms with Gasteiger partial charge in [-0.05, 0) is 12.1 Å². The maximum absolute atomic E-state index is 11.4. The average molecular weight is 302 g/mol. The fraction of sp³-hybridized carbons (Fsp3) is 0.455. The molecule has 1 fully saturated rings. The highest BCUT2D eigenvalue weighted by Gasteiger charge is 2.23. The Hall–Kier alpha value is -1.71. The molecular weight excluding hydrogens is 284 g/mol. The van der Waals surface area contributed by atoms with Gasteiger partial charge in [-0.25, -0.2) is 8.42 Å². The van der Waals surface area contributed by atoms with E-state index in [1.54, 1.807) is 12.1 Å². The zero-order valence-corrected chi connectivity index (χ0v) is 12.0. The van der Waals surface area contributed by atoms with Crippen LogP contribution in [0.2, 0.25) is 0 Å². The van der Waals surface area contributed by atoms with E-state index in [9.17, 15) is 18.5 Å². The molecule has 0 aliphatic carbocycles. The minimum atomic E-state index is -3.13. The molecule has 0 aromatic heterocycles. The van der Waals surface area contributed by atoms with Crippen molar-refractivity contribution in [3.05, 3.63) is 34.4 Å². The molecule has 0 bridgehead atoms. The van der Waals surface area contributed by atoms with Gasteiger partial charge < -0.3 is 11.1 Å². The van der Waals surface area contributed by atoms with Crippen LogP contribution in [0.5, 0.6) is 0 Å². The van der Waals surface area contributed by atoms with Gasteiger partial charge in [0.05, 0.1) is 11.2 Å². The van der Waals surface area contributed by atoms with Crippen molar-refractivity contribution < 1.29 is 13.3 Å². The normalized spacial score (nSPS) is 16.6. The minimum absolute atomic E-state index is 0. The number of rotatable bonds is 3. The SMILES string of the molecule is CS(=O)(=O)N1CCN(c2ccc([N+](=O)[O-])cc2)CC1.N. The van der Waals surface area contributed by atoms with E-state index in [1.165, 1.54) is 22.7 Å². The van der Waals surface area contributed by atoms with Crippen LogP contribution in [0.1, 0.15) is 0 Å². The van der Waals surface area contributed by atoms with E-state index in [0.717, 1.165) is 5.69 Å². The Labute approximate surface area is 117 Å². The first-order chi connectivity index (χ1) is 8.88. The third-order valence-electron chi connectivity index (χ3n) is 3.13. The maximum atomic E-state index is 11.4. The largest absolute Gasteiger partial charge is 0.369 e. The lowest BCUT2D eigenvalue weighted by molar-refractivity contribution is -0.384. The van der Waals surface area contributed by atoms with Crippen molar-refractivity contribution in [1.29, 1.82) is 0 Å². The molecule has 9 heteroatoms. The smallest absolute Gasteiger partial charge is 0.269 e. The van der Waals surface area contributed by atoms with Crippen molar-refractivity contribution in [2.24, 2.45) is 0 Å². The Kier molecular flexibility index (Phi) is 5.03. The van der Waals surface area contributed by atoms with Gasteiger partial charge in [0.15, 0.2) is 0 Å². The van der Waals surface area contributed by atoms with E-state index in [2.05, 4.69) is 0 Å². The molecule has 1 saturated heterocycles. The van der Waals surface area contributed by atoms with Gasteiger partial charge in [0.2, 0.25) is 10.0 Å². The second-order valence-electron chi connectivity index (χ2n) is 4.42. The Bertz CT molecular complexity index is 565. The molecule has 1 aromatic rings. The molecular formula is C11H18N4O4S. The first-order valence-electron chi connectivity index (χ1n) is 5.82. The van der Waals surface area contributed by atoms with Crippen LogP contribution in [0.3, 0.4) is 0 Å². The second-order valence-corrected chi connectivity index (χ2v) is 6.41. The van der Waals surface area contributed by atoms with Gasteiger partial charge in [0, 0.05) is 44.0 Å². The van der Waals surface area contributed by atoms with Gasteiger partial charge in [-0.15, -0.1) is 0 Å². The predicted molar refractivity (Wildman–Crippen MR) is 76.7 cm³/mol. The van der Waals surface area contributed by atoms with Crippen LogP contribution in [-0.2, 0) is 10.0 Å². The van der Waals surface area contributed by atoms with E-state index in [1.807, 2.05) is 4.90 Å². The summed E-state index contributed by atoms with van der Waals surface area (Å²) in [5, 5.41) is 10.6. The van der Waals surface area contributed by atoms with Crippen LogP contribution in [-0.4, -0.2) is 50.1 Å². The lowest BCUT2D eigenvalue weighted by Crippen LogP contribution is -2.48. The van der Waals surface area contributed by atoms with Crippen LogP contribution in [0.25, 0.3) is 0 Å². The maximum Gasteiger partial charge on any atom is 0.269 e. The lowest BCUT2D eigenvalue weighted by Gasteiger charge is -2.34. The summed E-state index contributed by atoms with van der Waals surface area (Å²) in [5.41, 5.74) is 0.928. The number of nitro groups is 1. The first kappa shape index (κ1) is 16.3. The molecule has 1 aliphatic rings.